The number of methoxy groups -OCH3 is 1. The largest absolute Gasteiger partial charge is 0.385 e. The van der Waals surface area contributed by atoms with Crippen molar-refractivity contribution in [2.24, 2.45) is 0 Å². The number of amides is 1. The Labute approximate surface area is 171 Å². The fourth-order valence-corrected chi connectivity index (χ4v) is 4.35. The molecule has 2 aliphatic rings. The van der Waals surface area contributed by atoms with Crippen molar-refractivity contribution in [3.05, 3.63) is 29.2 Å². The minimum Gasteiger partial charge on any atom is -0.385 e. The van der Waals surface area contributed by atoms with Crippen LogP contribution in [0.25, 0.3) is 0 Å². The van der Waals surface area contributed by atoms with Crippen LogP contribution in [-0.2, 0) is 21.5 Å². The van der Waals surface area contributed by atoms with Gasteiger partial charge >= 0.3 is 0 Å². The van der Waals surface area contributed by atoms with E-state index in [9.17, 15) is 4.79 Å². The van der Waals surface area contributed by atoms with Gasteiger partial charge in [0.15, 0.2) is 5.82 Å². The van der Waals surface area contributed by atoms with Gasteiger partial charge in [-0.15, -0.1) is 0 Å². The number of piperidine rings is 1. The highest BCUT2D eigenvalue weighted by Gasteiger charge is 2.43. The van der Waals surface area contributed by atoms with Crippen molar-refractivity contribution in [1.82, 2.24) is 24.8 Å². The summed E-state index contributed by atoms with van der Waals surface area (Å²) < 4.78 is 12.8. The van der Waals surface area contributed by atoms with Gasteiger partial charge in [-0.25, -0.2) is 0 Å². The molecule has 1 amide bonds. The normalized spacial score (nSPS) is 22.2. The number of carbonyl (C=O) groups is 1. The summed E-state index contributed by atoms with van der Waals surface area (Å²) in [6, 6.07) is 2.04. The lowest BCUT2D eigenvalue weighted by Gasteiger charge is -2.41. The molecule has 8 heteroatoms. The minimum atomic E-state index is -0.293. The highest BCUT2D eigenvalue weighted by atomic mass is 16.5. The predicted molar refractivity (Wildman–Crippen MR) is 107 cm³/mol. The summed E-state index contributed by atoms with van der Waals surface area (Å²) in [5, 5.41) is 8.80. The van der Waals surface area contributed by atoms with Crippen molar-refractivity contribution in [3.63, 3.8) is 0 Å². The molecule has 4 rings (SSSR count). The van der Waals surface area contributed by atoms with Crippen LogP contribution in [0.15, 0.2) is 10.6 Å². The number of hydrogen-bond acceptors (Lipinski definition) is 6. The monoisotopic (exact) mass is 401 g/mol. The summed E-state index contributed by atoms with van der Waals surface area (Å²) >= 11 is 0. The number of rotatable bonds is 8. The number of ether oxygens (including phenoxy) is 1. The van der Waals surface area contributed by atoms with Gasteiger partial charge in [-0.2, -0.15) is 10.1 Å². The zero-order valence-electron chi connectivity index (χ0n) is 17.7. The zero-order valence-corrected chi connectivity index (χ0v) is 17.7. The van der Waals surface area contributed by atoms with Crippen LogP contribution in [0.5, 0.6) is 0 Å². The van der Waals surface area contributed by atoms with Gasteiger partial charge < -0.3 is 14.2 Å². The van der Waals surface area contributed by atoms with Gasteiger partial charge in [0.1, 0.15) is 0 Å². The molecule has 0 aromatic carbocycles. The van der Waals surface area contributed by atoms with Crippen molar-refractivity contribution in [2.75, 3.05) is 26.8 Å². The highest BCUT2D eigenvalue weighted by Crippen LogP contribution is 2.41. The van der Waals surface area contributed by atoms with Crippen molar-refractivity contribution in [3.8, 4) is 0 Å². The van der Waals surface area contributed by atoms with Gasteiger partial charge in [-0.05, 0) is 52.0 Å². The fraction of sp³-hybridized carbons (Fsp3) is 0.714. The molecule has 8 nitrogen and oxygen atoms in total. The molecule has 158 valence electrons. The molecular formula is C21H31N5O3. The first kappa shape index (κ1) is 20.1. The summed E-state index contributed by atoms with van der Waals surface area (Å²) in [5.74, 6) is 2.08. The van der Waals surface area contributed by atoms with E-state index in [0.29, 0.717) is 32.0 Å². The third-order valence-electron chi connectivity index (χ3n) is 6.20. The van der Waals surface area contributed by atoms with Crippen molar-refractivity contribution in [1.29, 1.82) is 0 Å². The Morgan fingerprint density at radius 3 is 2.90 bits per heavy atom. The van der Waals surface area contributed by atoms with E-state index >= 15 is 0 Å². The second-order valence-electron chi connectivity index (χ2n) is 8.57. The molecule has 1 aliphatic carbocycles. The molecule has 1 saturated carbocycles. The molecule has 0 spiro atoms. The number of carbonyl (C=O) groups excluding carboxylic acids is 1. The molecule has 2 aromatic heterocycles. The molecule has 0 bridgehead atoms. The standard InChI is InChI=1S/C21H31N5O3/c1-15-13-16(2)26(23-15)11-7-18(27)25-10-4-8-21(14-25,9-12-28-3)20-22-19(29-24-20)17-5-6-17/h13,17H,4-12,14H2,1-3H3. The lowest BCUT2D eigenvalue weighted by molar-refractivity contribution is -0.134. The molecule has 1 saturated heterocycles. The van der Waals surface area contributed by atoms with Crippen LogP contribution in [0.4, 0.5) is 0 Å². The SMILES string of the molecule is COCCC1(c2noc(C3CC3)n2)CCCN(C(=O)CCn2nc(C)cc2C)C1. The molecule has 0 radical (unpaired) electrons. The van der Waals surface area contributed by atoms with E-state index in [1.165, 1.54) is 0 Å². The number of nitrogens with zero attached hydrogens (tertiary/aromatic N) is 5. The molecule has 0 N–H and O–H groups in total. The van der Waals surface area contributed by atoms with Crippen LogP contribution < -0.4 is 0 Å². The maximum absolute atomic E-state index is 13.0. The van der Waals surface area contributed by atoms with Gasteiger partial charge in [0.25, 0.3) is 0 Å². The van der Waals surface area contributed by atoms with Crippen molar-refractivity contribution in [2.45, 2.75) is 70.3 Å². The Balaban J connectivity index is 1.46. The Bertz CT molecular complexity index is 856. The first-order valence-corrected chi connectivity index (χ1v) is 10.6. The minimum absolute atomic E-state index is 0.157. The van der Waals surface area contributed by atoms with Gasteiger partial charge in [-0.3, -0.25) is 9.48 Å². The first-order chi connectivity index (χ1) is 14.0. The van der Waals surface area contributed by atoms with E-state index in [2.05, 4.69) is 10.3 Å². The first-order valence-electron chi connectivity index (χ1n) is 10.6. The summed E-state index contributed by atoms with van der Waals surface area (Å²) in [6.45, 7) is 6.61. The molecule has 1 aliphatic heterocycles. The maximum Gasteiger partial charge on any atom is 0.229 e. The summed E-state index contributed by atoms with van der Waals surface area (Å²) in [7, 11) is 1.71. The molecule has 29 heavy (non-hydrogen) atoms. The Morgan fingerprint density at radius 2 is 2.21 bits per heavy atom. The summed E-state index contributed by atoms with van der Waals surface area (Å²) in [4.78, 5) is 19.7. The van der Waals surface area contributed by atoms with Gasteiger partial charge in [0.05, 0.1) is 11.1 Å². The van der Waals surface area contributed by atoms with Gasteiger partial charge in [-0.1, -0.05) is 5.16 Å². The third kappa shape index (κ3) is 4.37. The van der Waals surface area contributed by atoms with Gasteiger partial charge in [0.2, 0.25) is 11.8 Å². The topological polar surface area (TPSA) is 86.3 Å². The molecule has 2 fully saturated rings. The summed E-state index contributed by atoms with van der Waals surface area (Å²) in [5.41, 5.74) is 1.77. The van der Waals surface area contributed by atoms with Gasteiger partial charge in [0, 0.05) is 51.4 Å². The van der Waals surface area contributed by atoms with Crippen LogP contribution in [-0.4, -0.2) is 57.5 Å². The second kappa shape index (κ2) is 8.26. The van der Waals surface area contributed by atoms with Crippen LogP contribution in [0.3, 0.4) is 0 Å². The fourth-order valence-electron chi connectivity index (χ4n) is 4.35. The smallest absolute Gasteiger partial charge is 0.229 e. The van der Waals surface area contributed by atoms with Crippen molar-refractivity contribution >= 4 is 5.91 Å². The van der Waals surface area contributed by atoms with Crippen LogP contribution >= 0.6 is 0 Å². The van der Waals surface area contributed by atoms with E-state index in [4.69, 9.17) is 14.2 Å². The van der Waals surface area contributed by atoms with Crippen LogP contribution in [0.2, 0.25) is 0 Å². The lowest BCUT2D eigenvalue weighted by atomic mass is 9.76. The zero-order chi connectivity index (χ0) is 20.4. The van der Waals surface area contributed by atoms with E-state index in [-0.39, 0.29) is 11.3 Å². The third-order valence-corrected chi connectivity index (χ3v) is 6.20. The molecule has 3 heterocycles. The van der Waals surface area contributed by atoms with Crippen LogP contribution in [0, 0.1) is 13.8 Å². The average Bonchev–Trinajstić information content (AvgIpc) is 3.35. The predicted octanol–water partition coefficient (Wildman–Crippen LogP) is 2.75. The molecule has 1 atom stereocenters. The number of likely N-dealkylation sites (tertiary alicyclic amines) is 1. The Morgan fingerprint density at radius 1 is 1.38 bits per heavy atom. The van der Waals surface area contributed by atoms with E-state index in [1.807, 2.05) is 29.5 Å². The number of aromatic nitrogens is 4. The highest BCUT2D eigenvalue weighted by molar-refractivity contribution is 5.76. The molecular weight excluding hydrogens is 370 g/mol. The molecule has 1 unspecified atom stereocenters. The summed E-state index contributed by atoms with van der Waals surface area (Å²) in [6.07, 6.45) is 5.37. The van der Waals surface area contributed by atoms with E-state index in [0.717, 1.165) is 61.8 Å². The average molecular weight is 402 g/mol. The number of aryl methyl sites for hydroxylation is 3. The van der Waals surface area contributed by atoms with E-state index in [1.54, 1.807) is 7.11 Å². The molecule has 2 aromatic rings. The lowest BCUT2D eigenvalue weighted by Crippen LogP contribution is -2.49. The maximum atomic E-state index is 13.0. The number of hydrogen-bond donors (Lipinski definition) is 0. The van der Waals surface area contributed by atoms with E-state index < -0.39 is 0 Å². The van der Waals surface area contributed by atoms with Crippen LogP contribution in [0.1, 0.15) is 67.5 Å². The second-order valence-corrected chi connectivity index (χ2v) is 8.57. The Hall–Kier alpha value is -2.22. The Kier molecular flexibility index (Phi) is 5.72. The quantitative estimate of drug-likeness (QED) is 0.676. The van der Waals surface area contributed by atoms with Crippen molar-refractivity contribution < 1.29 is 14.1 Å².